The number of methoxy groups -OCH3 is 1. The number of aliphatic carboxylic acids is 1. The third-order valence-corrected chi connectivity index (χ3v) is 4.79. The number of esters is 1. The number of sulfonamides is 1. The minimum absolute atomic E-state index is 0.0350. The van der Waals surface area contributed by atoms with E-state index in [1.165, 1.54) is 19.2 Å². The van der Waals surface area contributed by atoms with Crippen LogP contribution in [0.1, 0.15) is 12.8 Å². The van der Waals surface area contributed by atoms with Gasteiger partial charge >= 0.3 is 11.9 Å². The van der Waals surface area contributed by atoms with Crippen molar-refractivity contribution in [3.63, 3.8) is 0 Å². The van der Waals surface area contributed by atoms with Gasteiger partial charge in [0.2, 0.25) is 10.0 Å². The van der Waals surface area contributed by atoms with Crippen LogP contribution in [0.3, 0.4) is 0 Å². The summed E-state index contributed by atoms with van der Waals surface area (Å²) in [4.78, 5) is 22.1. The summed E-state index contributed by atoms with van der Waals surface area (Å²) in [5.74, 6) is -1.96. The highest BCUT2D eigenvalue weighted by molar-refractivity contribution is 14.1. The van der Waals surface area contributed by atoms with Crippen LogP contribution in [0.5, 0.6) is 0 Å². The van der Waals surface area contributed by atoms with Crippen molar-refractivity contribution < 1.29 is 27.9 Å². The molecule has 1 aromatic carbocycles. The van der Waals surface area contributed by atoms with Crippen LogP contribution in [0.4, 0.5) is 0 Å². The van der Waals surface area contributed by atoms with E-state index in [2.05, 4.69) is 9.46 Å². The molecule has 0 radical (unpaired) electrons. The van der Waals surface area contributed by atoms with Crippen molar-refractivity contribution in [3.8, 4) is 0 Å². The topological polar surface area (TPSA) is 110 Å². The number of benzene rings is 1. The van der Waals surface area contributed by atoms with E-state index in [0.717, 1.165) is 3.57 Å². The van der Waals surface area contributed by atoms with E-state index in [1.54, 1.807) is 12.1 Å². The number of carbonyl (C=O) groups is 2. The van der Waals surface area contributed by atoms with Crippen molar-refractivity contribution in [1.29, 1.82) is 0 Å². The number of hydrogen-bond acceptors (Lipinski definition) is 5. The number of nitrogens with one attached hydrogen (secondary N) is 1. The SMILES string of the molecule is COC(=O)CC[C@@H](NS(=O)(=O)c1ccc(I)cc1)C(=O)O. The molecular formula is C12H14INO6S. The zero-order valence-electron chi connectivity index (χ0n) is 11.1. The van der Waals surface area contributed by atoms with Gasteiger partial charge in [-0.2, -0.15) is 4.72 Å². The molecule has 1 aromatic rings. The number of carboxylic acids is 1. The van der Waals surface area contributed by atoms with E-state index in [1.807, 2.05) is 22.6 Å². The van der Waals surface area contributed by atoms with E-state index in [0.29, 0.717) is 0 Å². The van der Waals surface area contributed by atoms with E-state index in [4.69, 9.17) is 5.11 Å². The number of rotatable bonds is 7. The minimum Gasteiger partial charge on any atom is -0.480 e. The Labute approximate surface area is 135 Å². The van der Waals surface area contributed by atoms with E-state index >= 15 is 0 Å². The average molecular weight is 427 g/mol. The first kappa shape index (κ1) is 17.9. The predicted octanol–water partition coefficient (Wildman–Crippen LogP) is 0.976. The van der Waals surface area contributed by atoms with Crippen molar-refractivity contribution in [1.82, 2.24) is 4.72 Å². The Morgan fingerprint density at radius 3 is 2.38 bits per heavy atom. The second-order valence-electron chi connectivity index (χ2n) is 4.08. The minimum atomic E-state index is -3.96. The van der Waals surface area contributed by atoms with Crippen LogP contribution in [0.25, 0.3) is 0 Å². The Kier molecular flexibility index (Phi) is 6.55. The zero-order chi connectivity index (χ0) is 16.0. The molecule has 0 aromatic heterocycles. The summed E-state index contributed by atoms with van der Waals surface area (Å²) in [5, 5.41) is 9.03. The van der Waals surface area contributed by atoms with Crippen LogP contribution in [0.2, 0.25) is 0 Å². The molecule has 0 aliphatic heterocycles. The molecule has 0 saturated carbocycles. The molecule has 21 heavy (non-hydrogen) atoms. The van der Waals surface area contributed by atoms with Gasteiger partial charge in [-0.1, -0.05) is 0 Å². The molecule has 0 amide bonds. The van der Waals surface area contributed by atoms with Crippen LogP contribution in [0, 0.1) is 3.57 Å². The fraction of sp³-hybridized carbons (Fsp3) is 0.333. The smallest absolute Gasteiger partial charge is 0.321 e. The van der Waals surface area contributed by atoms with E-state index in [-0.39, 0.29) is 17.7 Å². The normalized spacial score (nSPS) is 12.7. The molecule has 0 unspecified atom stereocenters. The third-order valence-electron chi connectivity index (χ3n) is 2.58. The van der Waals surface area contributed by atoms with Gasteiger partial charge in [-0.3, -0.25) is 9.59 Å². The summed E-state index contributed by atoms with van der Waals surface area (Å²) in [6, 6.07) is 4.55. The zero-order valence-corrected chi connectivity index (χ0v) is 14.0. The van der Waals surface area contributed by atoms with E-state index < -0.39 is 28.0 Å². The van der Waals surface area contributed by atoms with Crippen molar-refractivity contribution in [2.45, 2.75) is 23.8 Å². The lowest BCUT2D eigenvalue weighted by molar-refractivity contribution is -0.142. The van der Waals surface area contributed by atoms with Gasteiger partial charge in [-0.25, -0.2) is 8.42 Å². The Morgan fingerprint density at radius 2 is 1.90 bits per heavy atom. The molecule has 0 heterocycles. The van der Waals surface area contributed by atoms with Crippen LogP contribution < -0.4 is 4.72 Å². The van der Waals surface area contributed by atoms with Crippen molar-refractivity contribution >= 4 is 44.6 Å². The summed E-state index contributed by atoms with van der Waals surface area (Å²) in [7, 11) is -2.79. The van der Waals surface area contributed by atoms with Gasteiger partial charge < -0.3 is 9.84 Å². The molecule has 0 bridgehead atoms. The highest BCUT2D eigenvalue weighted by Gasteiger charge is 2.26. The molecule has 0 aliphatic carbocycles. The Bertz CT molecular complexity index is 613. The summed E-state index contributed by atoms with van der Waals surface area (Å²) in [6.45, 7) is 0. The molecule has 0 spiro atoms. The number of halogens is 1. The van der Waals surface area contributed by atoms with Crippen molar-refractivity contribution in [2.24, 2.45) is 0 Å². The van der Waals surface area contributed by atoms with Gasteiger partial charge in [0, 0.05) is 9.99 Å². The number of ether oxygens (including phenoxy) is 1. The highest BCUT2D eigenvalue weighted by atomic mass is 127. The highest BCUT2D eigenvalue weighted by Crippen LogP contribution is 2.13. The van der Waals surface area contributed by atoms with Crippen LogP contribution in [-0.2, 0) is 24.3 Å². The Hall–Kier alpha value is -1.20. The standard InChI is InChI=1S/C12H14INO6S/c1-20-11(15)7-6-10(12(16)17)14-21(18,19)9-4-2-8(13)3-5-9/h2-5,10,14H,6-7H2,1H3,(H,16,17)/t10-/m1/s1. The Morgan fingerprint density at radius 1 is 1.33 bits per heavy atom. The van der Waals surface area contributed by atoms with Gasteiger partial charge in [0.05, 0.1) is 12.0 Å². The van der Waals surface area contributed by atoms with Crippen LogP contribution >= 0.6 is 22.6 Å². The number of carbonyl (C=O) groups excluding carboxylic acids is 1. The molecule has 1 rings (SSSR count). The maximum absolute atomic E-state index is 12.1. The van der Waals surface area contributed by atoms with Crippen molar-refractivity contribution in [2.75, 3.05) is 7.11 Å². The third kappa shape index (κ3) is 5.59. The second-order valence-corrected chi connectivity index (χ2v) is 7.04. The molecule has 7 nitrogen and oxygen atoms in total. The van der Waals surface area contributed by atoms with Gasteiger partial charge in [-0.15, -0.1) is 0 Å². The van der Waals surface area contributed by atoms with Crippen LogP contribution in [-0.4, -0.2) is 38.6 Å². The fourth-order valence-corrected chi connectivity index (χ4v) is 3.05. The van der Waals surface area contributed by atoms with Gasteiger partial charge in [0.1, 0.15) is 6.04 Å². The summed E-state index contributed by atoms with van der Waals surface area (Å²) < 4.78 is 31.5. The first-order valence-corrected chi connectivity index (χ1v) is 8.40. The lowest BCUT2D eigenvalue weighted by Gasteiger charge is -2.14. The molecule has 0 aliphatic rings. The van der Waals surface area contributed by atoms with Crippen molar-refractivity contribution in [3.05, 3.63) is 27.8 Å². The van der Waals surface area contributed by atoms with Gasteiger partial charge in [0.25, 0.3) is 0 Å². The first-order valence-electron chi connectivity index (χ1n) is 5.84. The molecule has 1 atom stereocenters. The Balaban J connectivity index is 2.84. The number of carboxylic acid groups (broad SMARTS) is 1. The second kappa shape index (κ2) is 7.71. The summed E-state index contributed by atoms with van der Waals surface area (Å²) >= 11 is 2.02. The molecule has 0 saturated heterocycles. The lowest BCUT2D eigenvalue weighted by atomic mass is 10.2. The maximum atomic E-state index is 12.1. The average Bonchev–Trinajstić information content (AvgIpc) is 2.43. The molecule has 2 N–H and O–H groups in total. The van der Waals surface area contributed by atoms with Gasteiger partial charge in [0.15, 0.2) is 0 Å². The maximum Gasteiger partial charge on any atom is 0.321 e. The van der Waals surface area contributed by atoms with Crippen LogP contribution in [0.15, 0.2) is 29.2 Å². The van der Waals surface area contributed by atoms with E-state index in [9.17, 15) is 18.0 Å². The molecule has 9 heteroatoms. The predicted molar refractivity (Wildman–Crippen MR) is 82.2 cm³/mol. The molecule has 0 fully saturated rings. The summed E-state index contributed by atoms with van der Waals surface area (Å²) in [6.07, 6.45) is -0.381. The number of hydrogen-bond donors (Lipinski definition) is 2. The monoisotopic (exact) mass is 427 g/mol. The van der Waals surface area contributed by atoms with Gasteiger partial charge in [-0.05, 0) is 53.3 Å². The molecular weight excluding hydrogens is 413 g/mol. The summed E-state index contributed by atoms with van der Waals surface area (Å²) in [5.41, 5.74) is 0. The molecule has 116 valence electrons. The fourth-order valence-electron chi connectivity index (χ4n) is 1.47. The first-order chi connectivity index (χ1) is 9.76. The lowest BCUT2D eigenvalue weighted by Crippen LogP contribution is -2.41. The largest absolute Gasteiger partial charge is 0.480 e. The quantitative estimate of drug-likeness (QED) is 0.496.